The summed E-state index contributed by atoms with van der Waals surface area (Å²) in [4.78, 5) is 5.29. The highest BCUT2D eigenvalue weighted by molar-refractivity contribution is 9.10. The molecule has 0 saturated heterocycles. The van der Waals surface area contributed by atoms with E-state index >= 15 is 0 Å². The Hall–Kier alpha value is -0.940. The SMILES string of the molecule is Cc1cnc(NCc2cc(Br)ccc2F)s1. The summed E-state index contributed by atoms with van der Waals surface area (Å²) in [6.45, 7) is 2.43. The van der Waals surface area contributed by atoms with Crippen LogP contribution in [0.1, 0.15) is 10.4 Å². The van der Waals surface area contributed by atoms with Crippen molar-refractivity contribution in [3.8, 4) is 0 Å². The molecule has 0 saturated carbocycles. The van der Waals surface area contributed by atoms with E-state index in [-0.39, 0.29) is 5.82 Å². The normalized spacial score (nSPS) is 10.4. The van der Waals surface area contributed by atoms with Crippen molar-refractivity contribution >= 4 is 32.4 Å². The van der Waals surface area contributed by atoms with Gasteiger partial charge in [0.1, 0.15) is 5.82 Å². The van der Waals surface area contributed by atoms with Crippen LogP contribution in [0.3, 0.4) is 0 Å². The standard InChI is InChI=1S/C11H10BrFN2S/c1-7-5-14-11(16-7)15-6-8-4-9(12)2-3-10(8)13/h2-5H,6H2,1H3,(H,14,15). The summed E-state index contributed by atoms with van der Waals surface area (Å²) in [7, 11) is 0. The number of hydrogen-bond acceptors (Lipinski definition) is 3. The molecule has 1 aromatic heterocycles. The van der Waals surface area contributed by atoms with E-state index in [4.69, 9.17) is 0 Å². The monoisotopic (exact) mass is 300 g/mol. The maximum absolute atomic E-state index is 13.4. The predicted molar refractivity (Wildman–Crippen MR) is 68.3 cm³/mol. The van der Waals surface area contributed by atoms with Crippen molar-refractivity contribution < 1.29 is 4.39 Å². The average molecular weight is 301 g/mol. The molecule has 1 heterocycles. The first-order valence-electron chi connectivity index (χ1n) is 4.75. The maximum Gasteiger partial charge on any atom is 0.183 e. The molecule has 0 aliphatic rings. The van der Waals surface area contributed by atoms with Crippen LogP contribution in [0.2, 0.25) is 0 Å². The molecule has 0 spiro atoms. The number of aryl methyl sites for hydroxylation is 1. The molecule has 0 fully saturated rings. The second kappa shape index (κ2) is 4.93. The van der Waals surface area contributed by atoms with Crippen molar-refractivity contribution in [2.75, 3.05) is 5.32 Å². The lowest BCUT2D eigenvalue weighted by Crippen LogP contribution is -2.01. The molecule has 0 amide bonds. The van der Waals surface area contributed by atoms with Gasteiger partial charge in [-0.15, -0.1) is 11.3 Å². The fraction of sp³-hybridized carbons (Fsp3) is 0.182. The summed E-state index contributed by atoms with van der Waals surface area (Å²) >= 11 is 4.88. The van der Waals surface area contributed by atoms with Crippen molar-refractivity contribution in [1.29, 1.82) is 0 Å². The summed E-state index contributed by atoms with van der Waals surface area (Å²) in [5.41, 5.74) is 0.627. The summed E-state index contributed by atoms with van der Waals surface area (Å²) in [6, 6.07) is 4.91. The number of anilines is 1. The van der Waals surface area contributed by atoms with Crippen LogP contribution < -0.4 is 5.32 Å². The van der Waals surface area contributed by atoms with Gasteiger partial charge in [0.15, 0.2) is 5.13 Å². The highest BCUT2D eigenvalue weighted by Gasteiger charge is 2.04. The number of nitrogens with one attached hydrogen (secondary N) is 1. The molecule has 16 heavy (non-hydrogen) atoms. The molecule has 0 aliphatic heterocycles. The molecule has 84 valence electrons. The van der Waals surface area contributed by atoms with Crippen LogP contribution in [0.15, 0.2) is 28.9 Å². The van der Waals surface area contributed by atoms with E-state index in [1.54, 1.807) is 29.7 Å². The van der Waals surface area contributed by atoms with Gasteiger partial charge in [0.2, 0.25) is 0 Å². The molecule has 5 heteroatoms. The lowest BCUT2D eigenvalue weighted by molar-refractivity contribution is 0.612. The van der Waals surface area contributed by atoms with E-state index in [0.717, 1.165) is 14.5 Å². The van der Waals surface area contributed by atoms with Crippen LogP contribution in [0.4, 0.5) is 9.52 Å². The van der Waals surface area contributed by atoms with Gasteiger partial charge >= 0.3 is 0 Å². The van der Waals surface area contributed by atoms with Crippen molar-refractivity contribution in [1.82, 2.24) is 4.98 Å². The van der Waals surface area contributed by atoms with Crippen molar-refractivity contribution in [3.63, 3.8) is 0 Å². The zero-order valence-electron chi connectivity index (χ0n) is 8.63. The fourth-order valence-corrected chi connectivity index (χ4v) is 2.35. The Labute approximate surface area is 106 Å². The van der Waals surface area contributed by atoms with Crippen LogP contribution >= 0.6 is 27.3 Å². The molecular formula is C11H10BrFN2S. The molecule has 0 atom stereocenters. The third-order valence-electron chi connectivity index (χ3n) is 2.06. The highest BCUT2D eigenvalue weighted by atomic mass is 79.9. The van der Waals surface area contributed by atoms with E-state index in [0.29, 0.717) is 12.1 Å². The minimum absolute atomic E-state index is 0.205. The van der Waals surface area contributed by atoms with E-state index in [9.17, 15) is 4.39 Å². The summed E-state index contributed by atoms with van der Waals surface area (Å²) in [5, 5.41) is 3.91. The van der Waals surface area contributed by atoms with Gasteiger partial charge in [-0.25, -0.2) is 9.37 Å². The second-order valence-corrected chi connectivity index (χ2v) is 5.52. The average Bonchev–Trinajstić information content (AvgIpc) is 2.66. The Balaban J connectivity index is 2.07. The Kier molecular flexibility index (Phi) is 3.56. The summed E-state index contributed by atoms with van der Waals surface area (Å²) in [6.07, 6.45) is 1.80. The minimum Gasteiger partial charge on any atom is -0.357 e. The Morgan fingerprint density at radius 3 is 3.00 bits per heavy atom. The second-order valence-electron chi connectivity index (χ2n) is 3.37. The van der Waals surface area contributed by atoms with Gasteiger partial charge in [0.25, 0.3) is 0 Å². The summed E-state index contributed by atoms with van der Waals surface area (Å²) < 4.78 is 14.3. The quantitative estimate of drug-likeness (QED) is 0.928. The largest absolute Gasteiger partial charge is 0.357 e. The van der Waals surface area contributed by atoms with Gasteiger partial charge in [-0.05, 0) is 25.1 Å². The minimum atomic E-state index is -0.205. The molecule has 0 unspecified atom stereocenters. The number of hydrogen-bond donors (Lipinski definition) is 1. The van der Waals surface area contributed by atoms with E-state index in [1.807, 2.05) is 6.92 Å². The Bertz CT molecular complexity index is 498. The maximum atomic E-state index is 13.4. The molecule has 0 bridgehead atoms. The first-order valence-corrected chi connectivity index (χ1v) is 6.36. The molecule has 1 N–H and O–H groups in total. The Morgan fingerprint density at radius 1 is 1.50 bits per heavy atom. The molecule has 0 radical (unpaired) electrons. The third kappa shape index (κ3) is 2.80. The molecular weight excluding hydrogens is 291 g/mol. The van der Waals surface area contributed by atoms with Gasteiger partial charge in [0.05, 0.1) is 0 Å². The lowest BCUT2D eigenvalue weighted by atomic mass is 10.2. The van der Waals surface area contributed by atoms with Crippen LogP contribution in [-0.4, -0.2) is 4.98 Å². The molecule has 2 nitrogen and oxygen atoms in total. The first-order chi connectivity index (χ1) is 7.65. The number of halogens is 2. The van der Waals surface area contributed by atoms with E-state index < -0.39 is 0 Å². The van der Waals surface area contributed by atoms with Crippen molar-refractivity contribution in [3.05, 3.63) is 45.1 Å². The first kappa shape index (κ1) is 11.5. The van der Waals surface area contributed by atoms with E-state index in [2.05, 4.69) is 26.2 Å². The third-order valence-corrected chi connectivity index (χ3v) is 3.42. The van der Waals surface area contributed by atoms with Crippen molar-refractivity contribution in [2.45, 2.75) is 13.5 Å². The molecule has 2 rings (SSSR count). The van der Waals surface area contributed by atoms with Gasteiger partial charge in [-0.2, -0.15) is 0 Å². The summed E-state index contributed by atoms with van der Waals surface area (Å²) in [5.74, 6) is -0.205. The Morgan fingerprint density at radius 2 is 2.31 bits per heavy atom. The number of thiazole rings is 1. The number of nitrogens with zero attached hydrogens (tertiary/aromatic N) is 1. The smallest absolute Gasteiger partial charge is 0.183 e. The van der Waals surface area contributed by atoms with E-state index in [1.165, 1.54) is 6.07 Å². The molecule has 2 aromatic rings. The van der Waals surface area contributed by atoms with Crippen LogP contribution in [0, 0.1) is 12.7 Å². The van der Waals surface area contributed by atoms with Crippen LogP contribution in [0.5, 0.6) is 0 Å². The van der Waals surface area contributed by atoms with Gasteiger partial charge in [-0.3, -0.25) is 0 Å². The number of benzene rings is 1. The van der Waals surface area contributed by atoms with Gasteiger partial charge < -0.3 is 5.32 Å². The van der Waals surface area contributed by atoms with Crippen LogP contribution in [-0.2, 0) is 6.54 Å². The molecule has 0 aliphatic carbocycles. The number of aromatic nitrogens is 1. The predicted octanol–water partition coefficient (Wildman–Crippen LogP) is 3.97. The molecule has 1 aromatic carbocycles. The van der Waals surface area contributed by atoms with Crippen LogP contribution in [0.25, 0.3) is 0 Å². The fourth-order valence-electron chi connectivity index (χ4n) is 1.29. The van der Waals surface area contributed by atoms with Gasteiger partial charge in [0, 0.05) is 27.7 Å². The zero-order chi connectivity index (χ0) is 11.5. The number of rotatable bonds is 3. The zero-order valence-corrected chi connectivity index (χ0v) is 11.0. The topological polar surface area (TPSA) is 24.9 Å². The van der Waals surface area contributed by atoms with Crippen molar-refractivity contribution in [2.24, 2.45) is 0 Å². The lowest BCUT2D eigenvalue weighted by Gasteiger charge is -2.04. The highest BCUT2D eigenvalue weighted by Crippen LogP contribution is 2.20. The van der Waals surface area contributed by atoms with Gasteiger partial charge in [-0.1, -0.05) is 15.9 Å².